The number of methoxy groups -OCH3 is 1. The number of carbonyl (C=O) groups excluding carboxylic acids is 1. The number of likely N-dealkylation sites (tertiary alicyclic amines) is 1. The standard InChI is InChI=1S/C17H24N2O2/c1-21-11-12-5-2-3-6-14(12)17-15(18)7-4-8-16(20)19(17)13-9-10-13/h2-3,5-6,13,15,17H,4,7-11,18H2,1H3. The van der Waals surface area contributed by atoms with Gasteiger partial charge in [0.15, 0.2) is 0 Å². The maximum absolute atomic E-state index is 12.5. The van der Waals surface area contributed by atoms with Gasteiger partial charge < -0.3 is 15.4 Å². The Labute approximate surface area is 126 Å². The van der Waals surface area contributed by atoms with Crippen molar-refractivity contribution in [3.63, 3.8) is 0 Å². The van der Waals surface area contributed by atoms with Crippen molar-refractivity contribution in [3.05, 3.63) is 35.4 Å². The fraction of sp³-hybridized carbons (Fsp3) is 0.588. The van der Waals surface area contributed by atoms with E-state index in [1.165, 1.54) is 0 Å². The molecule has 114 valence electrons. The van der Waals surface area contributed by atoms with Crippen LogP contribution in [-0.2, 0) is 16.1 Å². The molecule has 2 N–H and O–H groups in total. The monoisotopic (exact) mass is 288 g/mol. The third-order valence-corrected chi connectivity index (χ3v) is 4.54. The van der Waals surface area contributed by atoms with Crippen molar-refractivity contribution in [2.75, 3.05) is 7.11 Å². The third kappa shape index (κ3) is 2.97. The molecule has 4 heteroatoms. The van der Waals surface area contributed by atoms with Crippen LogP contribution in [0.15, 0.2) is 24.3 Å². The first kappa shape index (κ1) is 14.5. The van der Waals surface area contributed by atoms with Crippen molar-refractivity contribution in [3.8, 4) is 0 Å². The molecule has 1 aromatic rings. The smallest absolute Gasteiger partial charge is 0.223 e. The lowest BCUT2D eigenvalue weighted by atomic mass is 9.92. The molecule has 3 rings (SSSR count). The summed E-state index contributed by atoms with van der Waals surface area (Å²) in [5.41, 5.74) is 8.76. The first-order valence-corrected chi connectivity index (χ1v) is 7.86. The molecule has 4 nitrogen and oxygen atoms in total. The Morgan fingerprint density at radius 2 is 2.05 bits per heavy atom. The van der Waals surface area contributed by atoms with Crippen molar-refractivity contribution in [2.45, 2.75) is 56.8 Å². The molecular formula is C17H24N2O2. The van der Waals surface area contributed by atoms with Crippen LogP contribution >= 0.6 is 0 Å². The van der Waals surface area contributed by atoms with Gasteiger partial charge in [-0.15, -0.1) is 0 Å². The third-order valence-electron chi connectivity index (χ3n) is 4.54. The Morgan fingerprint density at radius 3 is 2.76 bits per heavy atom. The molecule has 0 radical (unpaired) electrons. The van der Waals surface area contributed by atoms with Gasteiger partial charge in [-0.1, -0.05) is 24.3 Å². The molecule has 1 aliphatic carbocycles. The van der Waals surface area contributed by atoms with E-state index in [1.54, 1.807) is 7.11 Å². The molecule has 1 aromatic carbocycles. The van der Waals surface area contributed by atoms with E-state index in [9.17, 15) is 4.79 Å². The van der Waals surface area contributed by atoms with Gasteiger partial charge in [0.25, 0.3) is 0 Å². The van der Waals surface area contributed by atoms with Crippen LogP contribution < -0.4 is 5.73 Å². The van der Waals surface area contributed by atoms with Crippen LogP contribution in [0.25, 0.3) is 0 Å². The van der Waals surface area contributed by atoms with Crippen LogP contribution in [0.4, 0.5) is 0 Å². The second kappa shape index (κ2) is 6.16. The molecule has 2 fully saturated rings. The SMILES string of the molecule is COCc1ccccc1C1C(N)CCCC(=O)N1C1CC1. The number of nitrogens with two attached hydrogens (primary N) is 1. The summed E-state index contributed by atoms with van der Waals surface area (Å²) >= 11 is 0. The van der Waals surface area contributed by atoms with Gasteiger partial charge in [-0.3, -0.25) is 4.79 Å². The second-order valence-electron chi connectivity index (χ2n) is 6.16. The van der Waals surface area contributed by atoms with Crippen molar-refractivity contribution in [1.82, 2.24) is 4.90 Å². The number of ether oxygens (including phenoxy) is 1. The molecule has 0 spiro atoms. The molecule has 1 heterocycles. The number of hydrogen-bond acceptors (Lipinski definition) is 3. The maximum Gasteiger partial charge on any atom is 0.223 e. The summed E-state index contributed by atoms with van der Waals surface area (Å²) in [6.45, 7) is 0.562. The van der Waals surface area contributed by atoms with Gasteiger partial charge >= 0.3 is 0 Å². The predicted octanol–water partition coefficient (Wildman–Crippen LogP) is 2.38. The van der Waals surface area contributed by atoms with Gasteiger partial charge in [-0.2, -0.15) is 0 Å². The fourth-order valence-electron chi connectivity index (χ4n) is 3.41. The Morgan fingerprint density at radius 1 is 1.29 bits per heavy atom. The lowest BCUT2D eigenvalue weighted by Gasteiger charge is -2.35. The molecular weight excluding hydrogens is 264 g/mol. The Bertz CT molecular complexity index is 513. The Hall–Kier alpha value is -1.39. The van der Waals surface area contributed by atoms with E-state index in [-0.39, 0.29) is 18.0 Å². The molecule has 21 heavy (non-hydrogen) atoms. The van der Waals surface area contributed by atoms with Crippen LogP contribution in [0.5, 0.6) is 0 Å². The van der Waals surface area contributed by atoms with Crippen molar-refractivity contribution < 1.29 is 9.53 Å². The van der Waals surface area contributed by atoms with Gasteiger partial charge in [-0.05, 0) is 36.8 Å². The van der Waals surface area contributed by atoms with Crippen LogP contribution in [0, 0.1) is 0 Å². The number of hydrogen-bond donors (Lipinski definition) is 1. The molecule has 1 amide bonds. The number of nitrogens with zero attached hydrogens (tertiary/aromatic N) is 1. The van der Waals surface area contributed by atoms with Crippen molar-refractivity contribution in [2.24, 2.45) is 5.73 Å². The van der Waals surface area contributed by atoms with E-state index in [1.807, 2.05) is 12.1 Å². The second-order valence-corrected chi connectivity index (χ2v) is 6.16. The largest absolute Gasteiger partial charge is 0.380 e. The zero-order valence-electron chi connectivity index (χ0n) is 12.6. The first-order valence-electron chi connectivity index (χ1n) is 7.86. The van der Waals surface area contributed by atoms with Gasteiger partial charge in [0, 0.05) is 25.6 Å². The molecule has 2 atom stereocenters. The molecule has 2 unspecified atom stereocenters. The lowest BCUT2D eigenvalue weighted by molar-refractivity contribution is -0.134. The quantitative estimate of drug-likeness (QED) is 0.925. The van der Waals surface area contributed by atoms with Crippen LogP contribution in [0.2, 0.25) is 0 Å². The van der Waals surface area contributed by atoms with Crippen LogP contribution in [0.1, 0.15) is 49.3 Å². The van der Waals surface area contributed by atoms with E-state index in [2.05, 4.69) is 17.0 Å². The Balaban J connectivity index is 2.00. The number of carbonyl (C=O) groups is 1. The van der Waals surface area contributed by atoms with E-state index >= 15 is 0 Å². The van der Waals surface area contributed by atoms with Crippen LogP contribution in [0.3, 0.4) is 0 Å². The van der Waals surface area contributed by atoms with E-state index in [0.29, 0.717) is 19.1 Å². The zero-order chi connectivity index (χ0) is 14.8. The summed E-state index contributed by atoms with van der Waals surface area (Å²) in [7, 11) is 1.70. The highest BCUT2D eigenvalue weighted by Gasteiger charge is 2.42. The zero-order valence-corrected chi connectivity index (χ0v) is 12.6. The molecule has 1 saturated heterocycles. The van der Waals surface area contributed by atoms with Crippen LogP contribution in [-0.4, -0.2) is 30.0 Å². The van der Waals surface area contributed by atoms with Gasteiger partial charge in [0.1, 0.15) is 0 Å². The van der Waals surface area contributed by atoms with Crippen molar-refractivity contribution in [1.29, 1.82) is 0 Å². The van der Waals surface area contributed by atoms with Crippen molar-refractivity contribution >= 4 is 5.91 Å². The number of amides is 1. The average molecular weight is 288 g/mol. The van der Waals surface area contributed by atoms with Gasteiger partial charge in [0.05, 0.1) is 12.6 Å². The highest BCUT2D eigenvalue weighted by molar-refractivity contribution is 5.78. The number of benzene rings is 1. The predicted molar refractivity (Wildman–Crippen MR) is 81.6 cm³/mol. The summed E-state index contributed by atoms with van der Waals surface area (Å²) in [6.07, 6.45) is 4.66. The minimum Gasteiger partial charge on any atom is -0.380 e. The minimum atomic E-state index is -0.00106. The summed E-state index contributed by atoms with van der Waals surface area (Å²) in [6, 6.07) is 8.63. The van der Waals surface area contributed by atoms with Gasteiger partial charge in [-0.25, -0.2) is 0 Å². The Kier molecular flexibility index (Phi) is 4.27. The summed E-state index contributed by atoms with van der Waals surface area (Å²) in [4.78, 5) is 14.6. The highest BCUT2D eigenvalue weighted by atomic mass is 16.5. The summed E-state index contributed by atoms with van der Waals surface area (Å²) in [5.74, 6) is 0.266. The average Bonchev–Trinajstić information content (AvgIpc) is 3.29. The lowest BCUT2D eigenvalue weighted by Crippen LogP contribution is -2.43. The summed E-state index contributed by atoms with van der Waals surface area (Å²) < 4.78 is 5.32. The molecule has 1 aliphatic heterocycles. The maximum atomic E-state index is 12.5. The van der Waals surface area contributed by atoms with Gasteiger partial charge in [0.2, 0.25) is 5.91 Å². The molecule has 0 bridgehead atoms. The van der Waals surface area contributed by atoms with E-state index in [0.717, 1.165) is 36.8 Å². The normalized spacial score (nSPS) is 26.8. The van der Waals surface area contributed by atoms with E-state index < -0.39 is 0 Å². The minimum absolute atomic E-state index is 0.00106. The molecule has 0 aromatic heterocycles. The summed E-state index contributed by atoms with van der Waals surface area (Å²) in [5, 5.41) is 0. The van der Waals surface area contributed by atoms with E-state index in [4.69, 9.17) is 10.5 Å². The topological polar surface area (TPSA) is 55.6 Å². The highest BCUT2D eigenvalue weighted by Crippen LogP contribution is 2.40. The molecule has 2 aliphatic rings. The first-order chi connectivity index (χ1) is 10.2. The molecule has 1 saturated carbocycles. The number of rotatable bonds is 4. The fourth-order valence-corrected chi connectivity index (χ4v) is 3.41.